The van der Waals surface area contributed by atoms with Crippen LogP contribution in [0.4, 0.5) is 17.6 Å². The highest BCUT2D eigenvalue weighted by molar-refractivity contribution is 6.29. The lowest BCUT2D eigenvalue weighted by Crippen LogP contribution is -2.05. The molecule has 9 heteroatoms. The topological polar surface area (TPSA) is 43.6 Å². The van der Waals surface area contributed by atoms with Crippen LogP contribution in [0.25, 0.3) is 22.6 Å². The predicted molar refractivity (Wildman–Crippen MR) is 71.7 cm³/mol. The van der Waals surface area contributed by atoms with Gasteiger partial charge in [0.15, 0.2) is 11.5 Å². The highest BCUT2D eigenvalue weighted by Gasteiger charge is 2.31. The minimum Gasteiger partial charge on any atom is -0.312 e. The van der Waals surface area contributed by atoms with Crippen molar-refractivity contribution in [2.24, 2.45) is 7.05 Å². The van der Waals surface area contributed by atoms with Gasteiger partial charge in [-0.05, 0) is 12.1 Å². The van der Waals surface area contributed by atoms with Crippen LogP contribution in [-0.2, 0) is 13.2 Å². The number of aromatic nitrogens is 4. The molecule has 0 aromatic carbocycles. The van der Waals surface area contributed by atoms with E-state index < -0.39 is 17.6 Å². The Balaban J connectivity index is 2.24. The maximum atomic E-state index is 13.9. The first kappa shape index (κ1) is 14.7. The van der Waals surface area contributed by atoms with E-state index in [0.29, 0.717) is 6.20 Å². The second kappa shape index (κ2) is 4.91. The normalized spacial score (nSPS) is 12.1. The highest BCUT2D eigenvalue weighted by atomic mass is 35.5. The molecule has 0 aliphatic carbocycles. The zero-order valence-electron chi connectivity index (χ0n) is 11.0. The maximum absolute atomic E-state index is 13.9. The molecule has 3 rings (SSSR count). The Labute approximate surface area is 126 Å². The van der Waals surface area contributed by atoms with E-state index in [4.69, 9.17) is 11.6 Å². The van der Waals surface area contributed by atoms with Crippen LogP contribution in [0.15, 0.2) is 24.5 Å². The average Bonchev–Trinajstić information content (AvgIpc) is 2.77. The third-order valence-corrected chi connectivity index (χ3v) is 3.31. The van der Waals surface area contributed by atoms with Gasteiger partial charge >= 0.3 is 6.18 Å². The molecule has 4 nitrogen and oxygen atoms in total. The van der Waals surface area contributed by atoms with E-state index in [-0.39, 0.29) is 27.7 Å². The number of pyridine rings is 2. The summed E-state index contributed by atoms with van der Waals surface area (Å²) in [6.07, 6.45) is -2.89. The standard InChI is InChI=1S/C13H7ClF4N4/c1-22-11(7-3-10(14)19-5-8(7)15)21-9-2-6(13(16,17)18)4-20-12(9)22/h2-5H,1H3. The summed E-state index contributed by atoms with van der Waals surface area (Å²) in [5, 5.41) is 0.0485. The van der Waals surface area contributed by atoms with Gasteiger partial charge < -0.3 is 4.57 Å². The van der Waals surface area contributed by atoms with Gasteiger partial charge in [-0.3, -0.25) is 0 Å². The smallest absolute Gasteiger partial charge is 0.312 e. The summed E-state index contributed by atoms with van der Waals surface area (Å²) in [5.41, 5.74) is -0.665. The molecule has 3 heterocycles. The Morgan fingerprint density at radius 1 is 1.14 bits per heavy atom. The number of alkyl halides is 3. The lowest BCUT2D eigenvalue weighted by atomic mass is 10.2. The molecule has 0 spiro atoms. The molecule has 0 aliphatic heterocycles. The number of fused-ring (bicyclic) bond motifs is 1. The Morgan fingerprint density at radius 3 is 2.55 bits per heavy atom. The van der Waals surface area contributed by atoms with Crippen LogP contribution in [0.1, 0.15) is 5.56 Å². The van der Waals surface area contributed by atoms with Crippen molar-refractivity contribution in [2.45, 2.75) is 6.18 Å². The molecular formula is C13H7ClF4N4. The fourth-order valence-electron chi connectivity index (χ4n) is 2.06. The first-order valence-electron chi connectivity index (χ1n) is 5.98. The molecule has 22 heavy (non-hydrogen) atoms. The van der Waals surface area contributed by atoms with Crippen molar-refractivity contribution < 1.29 is 17.6 Å². The first-order valence-corrected chi connectivity index (χ1v) is 6.36. The number of hydrogen-bond acceptors (Lipinski definition) is 3. The second-order valence-electron chi connectivity index (χ2n) is 4.55. The number of halogens is 5. The number of imidazole rings is 1. The molecule has 0 bridgehead atoms. The molecule has 0 radical (unpaired) electrons. The molecule has 0 amide bonds. The van der Waals surface area contributed by atoms with Gasteiger partial charge in [0.25, 0.3) is 0 Å². The summed E-state index contributed by atoms with van der Waals surface area (Å²) in [6.45, 7) is 0. The monoisotopic (exact) mass is 330 g/mol. The Hall–Kier alpha value is -2.22. The first-order chi connectivity index (χ1) is 10.3. The van der Waals surface area contributed by atoms with Crippen molar-refractivity contribution >= 4 is 22.8 Å². The molecule has 0 unspecified atom stereocenters. The number of rotatable bonds is 1. The van der Waals surface area contributed by atoms with E-state index in [2.05, 4.69) is 15.0 Å². The maximum Gasteiger partial charge on any atom is 0.417 e. The summed E-state index contributed by atoms with van der Waals surface area (Å²) in [6, 6.07) is 2.12. The molecule has 0 atom stereocenters. The summed E-state index contributed by atoms with van der Waals surface area (Å²) in [5.74, 6) is -0.567. The molecular weight excluding hydrogens is 324 g/mol. The molecule has 0 saturated heterocycles. The Morgan fingerprint density at radius 2 is 1.86 bits per heavy atom. The van der Waals surface area contributed by atoms with Gasteiger partial charge in [0.1, 0.15) is 16.5 Å². The van der Waals surface area contributed by atoms with Gasteiger partial charge in [0, 0.05) is 13.2 Å². The van der Waals surface area contributed by atoms with E-state index in [1.54, 1.807) is 0 Å². The molecule has 114 valence electrons. The zero-order chi connectivity index (χ0) is 16.1. The molecule has 3 aromatic heterocycles. The van der Waals surface area contributed by atoms with Crippen LogP contribution in [0.5, 0.6) is 0 Å². The largest absolute Gasteiger partial charge is 0.417 e. The minimum absolute atomic E-state index is 0.0136. The lowest BCUT2D eigenvalue weighted by Gasteiger charge is -2.05. The summed E-state index contributed by atoms with van der Waals surface area (Å²) in [7, 11) is 1.53. The third-order valence-electron chi connectivity index (χ3n) is 3.10. The van der Waals surface area contributed by atoms with Gasteiger partial charge in [0.05, 0.1) is 17.3 Å². The number of nitrogens with zero attached hydrogens (tertiary/aromatic N) is 4. The van der Waals surface area contributed by atoms with Crippen molar-refractivity contribution in [3.8, 4) is 11.4 Å². The van der Waals surface area contributed by atoms with Gasteiger partial charge in [-0.2, -0.15) is 13.2 Å². The van der Waals surface area contributed by atoms with E-state index >= 15 is 0 Å². The van der Waals surface area contributed by atoms with Gasteiger partial charge in [-0.1, -0.05) is 11.6 Å². The quantitative estimate of drug-likeness (QED) is 0.503. The molecule has 3 aromatic rings. The van der Waals surface area contributed by atoms with Crippen LogP contribution in [0.3, 0.4) is 0 Å². The van der Waals surface area contributed by atoms with Gasteiger partial charge in [-0.15, -0.1) is 0 Å². The van der Waals surface area contributed by atoms with Crippen molar-refractivity contribution in [3.05, 3.63) is 41.1 Å². The van der Waals surface area contributed by atoms with Crippen LogP contribution in [-0.4, -0.2) is 19.5 Å². The highest BCUT2D eigenvalue weighted by Crippen LogP contribution is 2.32. The van der Waals surface area contributed by atoms with Crippen molar-refractivity contribution in [3.63, 3.8) is 0 Å². The van der Waals surface area contributed by atoms with Crippen LogP contribution in [0.2, 0.25) is 5.15 Å². The van der Waals surface area contributed by atoms with E-state index in [0.717, 1.165) is 12.3 Å². The van der Waals surface area contributed by atoms with Gasteiger partial charge in [-0.25, -0.2) is 19.3 Å². The number of aryl methyl sites for hydroxylation is 1. The second-order valence-corrected chi connectivity index (χ2v) is 4.93. The summed E-state index contributed by atoms with van der Waals surface area (Å²) >= 11 is 5.72. The van der Waals surface area contributed by atoms with Crippen LogP contribution < -0.4 is 0 Å². The summed E-state index contributed by atoms with van der Waals surface area (Å²) in [4.78, 5) is 11.4. The zero-order valence-corrected chi connectivity index (χ0v) is 11.7. The molecule has 0 N–H and O–H groups in total. The third kappa shape index (κ3) is 2.39. The average molecular weight is 331 g/mol. The van der Waals surface area contributed by atoms with E-state index in [1.807, 2.05) is 0 Å². The number of hydrogen-bond donors (Lipinski definition) is 0. The minimum atomic E-state index is -4.52. The van der Waals surface area contributed by atoms with Crippen molar-refractivity contribution in [1.29, 1.82) is 0 Å². The van der Waals surface area contributed by atoms with Crippen LogP contribution >= 0.6 is 11.6 Å². The van der Waals surface area contributed by atoms with Gasteiger partial charge in [0.2, 0.25) is 0 Å². The SMILES string of the molecule is Cn1c(-c2cc(Cl)ncc2F)nc2cc(C(F)(F)F)cnc21. The predicted octanol–water partition coefficient (Wildman–Crippen LogP) is 3.84. The van der Waals surface area contributed by atoms with E-state index in [1.165, 1.54) is 17.7 Å². The lowest BCUT2D eigenvalue weighted by molar-refractivity contribution is -0.137. The molecule has 0 aliphatic rings. The van der Waals surface area contributed by atoms with Crippen molar-refractivity contribution in [1.82, 2.24) is 19.5 Å². The van der Waals surface area contributed by atoms with E-state index in [9.17, 15) is 17.6 Å². The van der Waals surface area contributed by atoms with Crippen molar-refractivity contribution in [2.75, 3.05) is 0 Å². The molecule has 0 fully saturated rings. The fraction of sp³-hybridized carbons (Fsp3) is 0.154. The molecule has 0 saturated carbocycles. The fourth-order valence-corrected chi connectivity index (χ4v) is 2.21. The van der Waals surface area contributed by atoms with Crippen LogP contribution in [0, 0.1) is 5.82 Å². The Bertz CT molecular complexity index is 872. The summed E-state index contributed by atoms with van der Waals surface area (Å²) < 4.78 is 53.4. The Kier molecular flexibility index (Phi) is 3.28.